The predicted octanol–water partition coefficient (Wildman–Crippen LogP) is -1.25. The van der Waals surface area contributed by atoms with Gasteiger partial charge in [-0.05, 0) is 6.92 Å². The minimum atomic E-state index is -0.898. The van der Waals surface area contributed by atoms with Gasteiger partial charge < -0.3 is 24.8 Å². The van der Waals surface area contributed by atoms with Crippen LogP contribution in [0.5, 0.6) is 0 Å². The van der Waals surface area contributed by atoms with E-state index in [1.165, 1.54) is 7.11 Å². The third-order valence-electron chi connectivity index (χ3n) is 2.72. The van der Waals surface area contributed by atoms with Gasteiger partial charge in [0.05, 0.1) is 25.4 Å². The van der Waals surface area contributed by atoms with E-state index in [0.717, 1.165) is 0 Å². The van der Waals surface area contributed by atoms with Gasteiger partial charge in [0.25, 0.3) is 0 Å². The molecule has 1 aliphatic heterocycles. The lowest BCUT2D eigenvalue weighted by atomic mass is 9.96. The summed E-state index contributed by atoms with van der Waals surface area (Å²) in [5.41, 5.74) is 0. The Hall–Kier alpha value is -0.200. The molecule has 1 saturated heterocycles. The van der Waals surface area contributed by atoms with Gasteiger partial charge >= 0.3 is 0 Å². The standard InChI is InChI=1S/C9H18O5/c1-5-7(11)9(13-2)8(12)6(3-10)4-14-5/h5-12H,3-4H2,1-2H3. The summed E-state index contributed by atoms with van der Waals surface area (Å²) in [6, 6.07) is 0. The van der Waals surface area contributed by atoms with Gasteiger partial charge in [0.2, 0.25) is 0 Å². The SMILES string of the molecule is COC1C(O)C(CO)COC(C)C1O. The highest BCUT2D eigenvalue weighted by atomic mass is 16.5. The molecule has 5 unspecified atom stereocenters. The van der Waals surface area contributed by atoms with E-state index in [1.54, 1.807) is 6.92 Å². The van der Waals surface area contributed by atoms with Crippen molar-refractivity contribution in [3.8, 4) is 0 Å². The Bertz CT molecular complexity index is 175. The Morgan fingerprint density at radius 2 is 2.00 bits per heavy atom. The van der Waals surface area contributed by atoms with Crippen LogP contribution in [0.3, 0.4) is 0 Å². The fraction of sp³-hybridized carbons (Fsp3) is 1.00. The Morgan fingerprint density at radius 1 is 1.36 bits per heavy atom. The van der Waals surface area contributed by atoms with Crippen LogP contribution in [0, 0.1) is 5.92 Å². The first-order valence-electron chi connectivity index (χ1n) is 4.73. The summed E-state index contributed by atoms with van der Waals surface area (Å²) < 4.78 is 10.3. The first-order valence-corrected chi connectivity index (χ1v) is 4.73. The number of hydrogen-bond acceptors (Lipinski definition) is 5. The van der Waals surface area contributed by atoms with Crippen molar-refractivity contribution >= 4 is 0 Å². The van der Waals surface area contributed by atoms with Gasteiger partial charge in [0, 0.05) is 13.0 Å². The van der Waals surface area contributed by atoms with Crippen molar-refractivity contribution in [2.75, 3.05) is 20.3 Å². The van der Waals surface area contributed by atoms with Crippen LogP contribution in [0.2, 0.25) is 0 Å². The molecule has 0 amide bonds. The van der Waals surface area contributed by atoms with Crippen LogP contribution < -0.4 is 0 Å². The van der Waals surface area contributed by atoms with Crippen LogP contribution in [0.15, 0.2) is 0 Å². The van der Waals surface area contributed by atoms with E-state index in [1.807, 2.05) is 0 Å². The van der Waals surface area contributed by atoms with E-state index in [0.29, 0.717) is 0 Å². The largest absolute Gasteiger partial charge is 0.396 e. The van der Waals surface area contributed by atoms with Crippen LogP contribution in [-0.2, 0) is 9.47 Å². The third-order valence-corrected chi connectivity index (χ3v) is 2.72. The summed E-state index contributed by atoms with van der Waals surface area (Å²) in [5, 5.41) is 28.5. The van der Waals surface area contributed by atoms with E-state index in [-0.39, 0.29) is 13.2 Å². The van der Waals surface area contributed by atoms with Crippen LogP contribution in [0.1, 0.15) is 6.92 Å². The summed E-state index contributed by atoms with van der Waals surface area (Å²) in [4.78, 5) is 0. The summed E-state index contributed by atoms with van der Waals surface area (Å²) in [6.45, 7) is 1.76. The smallest absolute Gasteiger partial charge is 0.112 e. The molecule has 0 aromatic rings. The van der Waals surface area contributed by atoms with E-state index < -0.39 is 30.3 Å². The van der Waals surface area contributed by atoms with Crippen LogP contribution in [-0.4, -0.2) is 60.1 Å². The minimum absolute atomic E-state index is 0.180. The zero-order valence-corrected chi connectivity index (χ0v) is 8.46. The summed E-state index contributed by atoms with van der Waals surface area (Å²) >= 11 is 0. The topological polar surface area (TPSA) is 79.2 Å². The molecule has 1 fully saturated rings. The maximum Gasteiger partial charge on any atom is 0.112 e. The number of rotatable bonds is 2. The fourth-order valence-corrected chi connectivity index (χ4v) is 1.65. The lowest BCUT2D eigenvalue weighted by Crippen LogP contribution is -2.45. The van der Waals surface area contributed by atoms with Gasteiger partial charge in [-0.3, -0.25) is 0 Å². The molecule has 1 aliphatic rings. The van der Waals surface area contributed by atoms with E-state index in [9.17, 15) is 10.2 Å². The third kappa shape index (κ3) is 2.24. The van der Waals surface area contributed by atoms with Crippen molar-refractivity contribution < 1.29 is 24.8 Å². The van der Waals surface area contributed by atoms with Crippen molar-refractivity contribution in [2.24, 2.45) is 5.92 Å². The molecule has 0 aromatic carbocycles. The second-order valence-electron chi connectivity index (χ2n) is 3.66. The van der Waals surface area contributed by atoms with Crippen molar-refractivity contribution in [3.63, 3.8) is 0 Å². The average molecular weight is 206 g/mol. The van der Waals surface area contributed by atoms with Gasteiger partial charge in [-0.2, -0.15) is 0 Å². The van der Waals surface area contributed by atoms with Crippen molar-refractivity contribution in [2.45, 2.75) is 31.3 Å². The Balaban J connectivity index is 2.75. The predicted molar refractivity (Wildman–Crippen MR) is 48.8 cm³/mol. The molecule has 5 nitrogen and oxygen atoms in total. The Labute approximate surface area is 83.3 Å². The van der Waals surface area contributed by atoms with Crippen LogP contribution >= 0.6 is 0 Å². The van der Waals surface area contributed by atoms with Gasteiger partial charge in [-0.1, -0.05) is 0 Å². The van der Waals surface area contributed by atoms with Gasteiger partial charge in [0.1, 0.15) is 12.2 Å². The summed E-state index contributed by atoms with van der Waals surface area (Å²) in [5.74, 6) is -0.403. The highest BCUT2D eigenvalue weighted by Gasteiger charge is 2.39. The quantitative estimate of drug-likeness (QED) is 0.526. The molecule has 0 radical (unpaired) electrons. The molecular weight excluding hydrogens is 188 g/mol. The molecule has 0 aliphatic carbocycles. The highest BCUT2D eigenvalue weighted by Crippen LogP contribution is 2.21. The van der Waals surface area contributed by atoms with Gasteiger partial charge in [-0.15, -0.1) is 0 Å². The molecule has 1 rings (SSSR count). The summed E-state index contributed by atoms with van der Waals surface area (Å²) in [7, 11) is 1.42. The summed E-state index contributed by atoms with van der Waals surface area (Å²) in [6.07, 6.45) is -2.87. The molecule has 3 N–H and O–H groups in total. The number of methoxy groups -OCH3 is 1. The first-order chi connectivity index (χ1) is 6.61. The molecule has 84 valence electrons. The second kappa shape index (κ2) is 5.04. The van der Waals surface area contributed by atoms with Crippen LogP contribution in [0.4, 0.5) is 0 Å². The lowest BCUT2D eigenvalue weighted by Gasteiger charge is -2.27. The Morgan fingerprint density at radius 3 is 2.50 bits per heavy atom. The zero-order valence-electron chi connectivity index (χ0n) is 8.46. The van der Waals surface area contributed by atoms with E-state index in [2.05, 4.69) is 0 Å². The monoisotopic (exact) mass is 206 g/mol. The van der Waals surface area contributed by atoms with Crippen molar-refractivity contribution in [3.05, 3.63) is 0 Å². The maximum absolute atomic E-state index is 9.77. The van der Waals surface area contributed by atoms with Crippen molar-refractivity contribution in [1.29, 1.82) is 0 Å². The molecule has 0 spiro atoms. The van der Waals surface area contributed by atoms with E-state index in [4.69, 9.17) is 14.6 Å². The van der Waals surface area contributed by atoms with Crippen molar-refractivity contribution in [1.82, 2.24) is 0 Å². The number of hydrogen-bond donors (Lipinski definition) is 3. The molecule has 5 heteroatoms. The minimum Gasteiger partial charge on any atom is -0.396 e. The fourth-order valence-electron chi connectivity index (χ4n) is 1.65. The number of ether oxygens (including phenoxy) is 2. The first kappa shape index (κ1) is 11.9. The molecular formula is C9H18O5. The average Bonchev–Trinajstić information content (AvgIpc) is 2.27. The molecule has 5 atom stereocenters. The number of aliphatic hydroxyl groups excluding tert-OH is 3. The van der Waals surface area contributed by atoms with Gasteiger partial charge in [-0.25, -0.2) is 0 Å². The molecule has 14 heavy (non-hydrogen) atoms. The maximum atomic E-state index is 9.77. The molecule has 0 bridgehead atoms. The number of aliphatic hydroxyl groups is 3. The molecule has 0 aromatic heterocycles. The highest BCUT2D eigenvalue weighted by molar-refractivity contribution is 4.88. The second-order valence-corrected chi connectivity index (χ2v) is 3.66. The normalized spacial score (nSPS) is 44.8. The lowest BCUT2D eigenvalue weighted by molar-refractivity contribution is -0.109. The molecule has 1 heterocycles. The Kier molecular flexibility index (Phi) is 4.28. The van der Waals surface area contributed by atoms with E-state index >= 15 is 0 Å². The molecule has 0 saturated carbocycles. The van der Waals surface area contributed by atoms with Gasteiger partial charge in [0.15, 0.2) is 0 Å². The van der Waals surface area contributed by atoms with Crippen LogP contribution in [0.25, 0.3) is 0 Å². The zero-order chi connectivity index (χ0) is 10.7.